The zero-order chi connectivity index (χ0) is 85.6. The lowest BCUT2D eigenvalue weighted by Gasteiger charge is -2.31. The van der Waals surface area contributed by atoms with Crippen LogP contribution in [0, 0.1) is 23.7 Å². The zero-order valence-corrected chi connectivity index (χ0v) is 64.3. The summed E-state index contributed by atoms with van der Waals surface area (Å²) in [5.74, 6) is -23.4. The fourth-order valence-corrected chi connectivity index (χ4v) is 11.2. The molecule has 44 nitrogen and oxygen atoms in total. The van der Waals surface area contributed by atoms with Crippen molar-refractivity contribution in [2.75, 3.05) is 32.8 Å². The number of carboxylic acid groups (broad SMARTS) is 3. The second kappa shape index (κ2) is 50.2. The summed E-state index contributed by atoms with van der Waals surface area (Å²) in [5.41, 5.74) is 22.1. The monoisotopic (exact) mass is 1600 g/mol. The summed E-state index contributed by atoms with van der Waals surface area (Å²) in [6.45, 7) is 10.4. The van der Waals surface area contributed by atoms with Crippen molar-refractivity contribution in [3.8, 4) is 0 Å². The van der Waals surface area contributed by atoms with Crippen LogP contribution in [-0.4, -0.2) is 271 Å². The number of aliphatic hydroxyl groups excluding tert-OH is 3. The second-order valence-corrected chi connectivity index (χ2v) is 28.8. The van der Waals surface area contributed by atoms with E-state index in [1.165, 1.54) is 0 Å². The number of carbonyl (C=O) groups is 20. The largest absolute Gasteiger partial charge is 0.481 e. The number of primary amides is 3. The summed E-state index contributed by atoms with van der Waals surface area (Å²) in [4.78, 5) is 264. The number of aliphatic hydroxyl groups is 3. The molecule has 0 aromatic carbocycles. The average Bonchev–Trinajstić information content (AvgIpc) is 1.66. The van der Waals surface area contributed by atoms with E-state index in [-0.39, 0.29) is 62.8 Å². The van der Waals surface area contributed by atoms with Crippen molar-refractivity contribution in [2.45, 2.75) is 250 Å². The first kappa shape index (κ1) is 99.2. The Morgan fingerprint density at radius 1 is 0.375 bits per heavy atom. The Labute approximate surface area is 645 Å². The van der Waals surface area contributed by atoms with E-state index in [1.54, 1.807) is 41.5 Å². The minimum atomic E-state index is -1.99. The summed E-state index contributed by atoms with van der Waals surface area (Å²) in [7, 11) is 0. The molecular formula is C68H114N18O26. The van der Waals surface area contributed by atoms with Gasteiger partial charge in [-0.25, -0.2) is 4.79 Å². The third-order valence-electron chi connectivity index (χ3n) is 17.0. The number of carboxylic acids is 3. The normalized spacial score (nSPS) is 16.0. The van der Waals surface area contributed by atoms with Crippen LogP contribution in [0.4, 0.5) is 0 Å². The molecule has 14 atom stereocenters. The van der Waals surface area contributed by atoms with Gasteiger partial charge in [0.25, 0.3) is 0 Å². The maximum Gasteiger partial charge on any atom is 0.326 e. The van der Waals surface area contributed by atoms with Crippen LogP contribution < -0.4 is 92.1 Å². The quantitative estimate of drug-likeness (QED) is 0.0269. The van der Waals surface area contributed by atoms with E-state index in [0.717, 1.165) is 11.8 Å². The molecule has 0 bridgehead atoms. The first-order valence-electron chi connectivity index (χ1n) is 36.6. The van der Waals surface area contributed by atoms with Gasteiger partial charge in [0.05, 0.1) is 38.4 Å². The van der Waals surface area contributed by atoms with Gasteiger partial charge in [-0.15, -0.1) is 0 Å². The summed E-state index contributed by atoms with van der Waals surface area (Å²) < 4.78 is 0. The Hall–Kier alpha value is -10.8. The van der Waals surface area contributed by atoms with E-state index in [4.69, 9.17) is 22.9 Å². The molecule has 632 valence electrons. The topological polar surface area (TPSA) is 726 Å². The summed E-state index contributed by atoms with van der Waals surface area (Å²) >= 11 is 0. The van der Waals surface area contributed by atoms with Gasteiger partial charge in [-0.2, -0.15) is 0 Å². The third kappa shape index (κ3) is 38.2. The predicted octanol–water partition coefficient (Wildman–Crippen LogP) is -8.97. The number of amides is 17. The minimum Gasteiger partial charge on any atom is -0.481 e. The molecule has 1 heterocycles. The van der Waals surface area contributed by atoms with Crippen LogP contribution in [0.15, 0.2) is 0 Å². The van der Waals surface area contributed by atoms with Gasteiger partial charge in [-0.05, 0) is 101 Å². The molecule has 1 rings (SSSR count). The number of hydrogen-bond acceptors (Lipinski definition) is 24. The molecule has 0 aliphatic carbocycles. The Morgan fingerprint density at radius 3 is 1.06 bits per heavy atom. The first-order chi connectivity index (χ1) is 52.2. The third-order valence-corrected chi connectivity index (χ3v) is 17.0. The van der Waals surface area contributed by atoms with E-state index in [9.17, 15) is 127 Å². The molecule has 0 radical (unpaired) electrons. The maximum atomic E-state index is 14.5. The first-order valence-corrected chi connectivity index (χ1v) is 36.6. The molecule has 14 unspecified atom stereocenters. The molecule has 27 N–H and O–H groups in total. The predicted molar refractivity (Wildman–Crippen MR) is 390 cm³/mol. The van der Waals surface area contributed by atoms with E-state index in [2.05, 4.69) is 63.8 Å². The van der Waals surface area contributed by atoms with Crippen molar-refractivity contribution in [3.63, 3.8) is 0 Å². The molecule has 1 saturated heterocycles. The van der Waals surface area contributed by atoms with Crippen LogP contribution in [0.1, 0.15) is 165 Å². The fraction of sp³-hybridized carbons (Fsp3) is 0.706. The summed E-state index contributed by atoms with van der Waals surface area (Å²) in [6.07, 6.45) is -7.52. The van der Waals surface area contributed by atoms with Crippen molar-refractivity contribution in [1.82, 2.24) is 74.0 Å². The number of carbonyl (C=O) groups excluding carboxylic acids is 17. The molecule has 0 aromatic rings. The number of nitrogens with one attached hydrogen (secondary N) is 13. The molecule has 112 heavy (non-hydrogen) atoms. The van der Waals surface area contributed by atoms with E-state index >= 15 is 0 Å². The Kier molecular flexibility index (Phi) is 44.5. The van der Waals surface area contributed by atoms with Gasteiger partial charge in [-0.3, -0.25) is 91.1 Å². The molecule has 1 fully saturated rings. The highest BCUT2D eigenvalue weighted by Crippen LogP contribution is 2.21. The lowest BCUT2D eigenvalue weighted by Crippen LogP contribution is -2.61. The Balaban J connectivity index is 3.41. The van der Waals surface area contributed by atoms with Crippen molar-refractivity contribution >= 4 is 118 Å². The highest BCUT2D eigenvalue weighted by atomic mass is 16.4. The van der Waals surface area contributed by atoms with Gasteiger partial charge in [-0.1, -0.05) is 55.4 Å². The maximum absolute atomic E-state index is 14.5. The van der Waals surface area contributed by atoms with Crippen LogP contribution in [0.3, 0.4) is 0 Å². The van der Waals surface area contributed by atoms with Crippen LogP contribution in [0.25, 0.3) is 0 Å². The molecule has 1 aliphatic rings. The van der Waals surface area contributed by atoms with Gasteiger partial charge < -0.3 is 128 Å². The van der Waals surface area contributed by atoms with Gasteiger partial charge in [0.2, 0.25) is 100 Å². The molecule has 0 spiro atoms. The van der Waals surface area contributed by atoms with Gasteiger partial charge in [0.15, 0.2) is 0 Å². The van der Waals surface area contributed by atoms with E-state index in [1.807, 2.05) is 19.2 Å². The SMILES string of the molecule is CC(C)CC(N)C(=O)NCC(=O)NC(CCC(N)=O)C(=O)NC(CC(C)C)C(=O)NC(CCC(N)=O)C(=O)N1CCCC1C(=O)NC(CO)C(=O)NC(CC(C)C)C(=O)NC(CCC(N)=O)C(=O)NC(C(=O)NCC(=O)NC(CO)C(=O)NC(CCC(=O)O)C(=O)NC(CCC(=O)O)C(=O)NC(CC(C)C)C(=O)O)C(C)O. The Morgan fingerprint density at radius 2 is 0.688 bits per heavy atom. The summed E-state index contributed by atoms with van der Waals surface area (Å²) in [6, 6.07) is -21.3. The van der Waals surface area contributed by atoms with Gasteiger partial charge in [0, 0.05) is 38.6 Å². The van der Waals surface area contributed by atoms with Crippen molar-refractivity contribution in [3.05, 3.63) is 0 Å². The lowest BCUT2D eigenvalue weighted by molar-refractivity contribution is -0.143. The van der Waals surface area contributed by atoms with Crippen LogP contribution in [0.2, 0.25) is 0 Å². The molecule has 0 aromatic heterocycles. The number of likely N-dealkylation sites (tertiary alicyclic amines) is 1. The molecule has 0 saturated carbocycles. The number of rotatable bonds is 54. The number of nitrogens with two attached hydrogens (primary N) is 4. The van der Waals surface area contributed by atoms with Crippen molar-refractivity contribution < 1.29 is 127 Å². The highest BCUT2D eigenvalue weighted by Gasteiger charge is 2.42. The smallest absolute Gasteiger partial charge is 0.326 e. The molecule has 44 heteroatoms. The Bertz CT molecular complexity index is 3320. The van der Waals surface area contributed by atoms with Gasteiger partial charge in [0.1, 0.15) is 72.5 Å². The van der Waals surface area contributed by atoms with Crippen molar-refractivity contribution in [1.29, 1.82) is 0 Å². The van der Waals surface area contributed by atoms with Crippen LogP contribution >= 0.6 is 0 Å². The van der Waals surface area contributed by atoms with E-state index in [0.29, 0.717) is 6.42 Å². The average molecular weight is 1600 g/mol. The molecule has 1 aliphatic heterocycles. The van der Waals surface area contributed by atoms with E-state index < -0.39 is 293 Å². The van der Waals surface area contributed by atoms with Crippen LogP contribution in [0.5, 0.6) is 0 Å². The van der Waals surface area contributed by atoms with Crippen molar-refractivity contribution in [2.24, 2.45) is 46.6 Å². The minimum absolute atomic E-state index is 0.0483. The number of aliphatic carboxylic acids is 3. The lowest BCUT2D eigenvalue weighted by atomic mass is 10.0. The highest BCUT2D eigenvalue weighted by molar-refractivity contribution is 6.01. The summed E-state index contributed by atoms with van der Waals surface area (Å²) in [5, 5.41) is 89.4. The standard InChI is InChI=1S/C68H114N18O26/c1-31(2)23-36(69)56(99)73-27-51(93)75-37(12-17-48(70)90)57(100)81-43(25-33(5)6)62(105)80-41(14-19-50(72)92)67(110)86-22-10-11-47(86)65(108)84-46(30-88)64(107)82-42(24-32(3)4)61(104)78-38(13-18-49(71)91)60(103)85-55(35(9)89)66(109)74-28-52(94)76-45(29-87)63(106)79-39(15-20-53(95)96)58(101)77-40(16-21-54(97)98)59(102)83-44(68(111)112)26-34(7)8/h31-47,55,87-89H,10-30,69H2,1-9H3,(H2,70,90)(H2,71,91)(H2,72,92)(H,73,99)(H,74,109)(H,75,93)(H,76,94)(H,77,101)(H,78,104)(H,79,106)(H,80,105)(H,81,100)(H,82,107)(H,83,102)(H,84,108)(H,85,103)(H,95,96)(H,97,98)(H,111,112). The molecular weight excluding hydrogens is 1480 g/mol. The zero-order valence-electron chi connectivity index (χ0n) is 64.3. The van der Waals surface area contributed by atoms with Crippen LogP contribution in [-0.2, 0) is 95.9 Å². The fourth-order valence-electron chi connectivity index (χ4n) is 11.2. The number of nitrogens with zero attached hydrogens (tertiary/aromatic N) is 1. The second-order valence-electron chi connectivity index (χ2n) is 28.8. The number of hydrogen-bond donors (Lipinski definition) is 23. The van der Waals surface area contributed by atoms with Gasteiger partial charge >= 0.3 is 17.9 Å². The molecule has 17 amide bonds.